The Hall–Kier alpha value is -1.21. The van der Waals surface area contributed by atoms with Crippen LogP contribution in [0.15, 0.2) is 0 Å². The average molecular weight is 284 g/mol. The highest BCUT2D eigenvalue weighted by Gasteiger charge is 2.29. The Morgan fingerprint density at radius 2 is 2.47 bits per heavy atom. The third-order valence-electron chi connectivity index (χ3n) is 3.27. The molecule has 0 aliphatic carbocycles. The molecule has 2 rings (SSSR count). The van der Waals surface area contributed by atoms with Crippen molar-refractivity contribution in [3.63, 3.8) is 0 Å². The molecule has 0 bridgehead atoms. The quantitative estimate of drug-likeness (QED) is 0.796. The molecule has 1 unspecified atom stereocenters. The Morgan fingerprint density at radius 3 is 3.21 bits per heavy atom. The van der Waals surface area contributed by atoms with Gasteiger partial charge in [0, 0.05) is 31.2 Å². The molecule has 19 heavy (non-hydrogen) atoms. The number of esters is 1. The molecule has 1 aliphatic rings. The summed E-state index contributed by atoms with van der Waals surface area (Å²) in [6.07, 6.45) is 1.94. The number of nitrogens with zero attached hydrogens (tertiary/aromatic N) is 3. The van der Waals surface area contributed by atoms with Gasteiger partial charge < -0.3 is 10.1 Å². The molecule has 0 aromatic carbocycles. The predicted molar refractivity (Wildman–Crippen MR) is 74.1 cm³/mol. The van der Waals surface area contributed by atoms with Crippen LogP contribution in [-0.4, -0.2) is 47.2 Å². The molecule has 1 saturated heterocycles. The van der Waals surface area contributed by atoms with Gasteiger partial charge in [0.05, 0.1) is 13.0 Å². The van der Waals surface area contributed by atoms with Crippen LogP contribution in [0.1, 0.15) is 25.5 Å². The number of likely N-dealkylation sites (tertiary alicyclic amines) is 1. The maximum absolute atomic E-state index is 11.5. The number of nitrogens with one attached hydrogen (secondary N) is 1. The van der Waals surface area contributed by atoms with Crippen molar-refractivity contribution in [2.45, 2.75) is 26.3 Å². The van der Waals surface area contributed by atoms with Crippen LogP contribution in [0, 0.1) is 5.92 Å². The van der Waals surface area contributed by atoms with Gasteiger partial charge in [-0.15, -0.1) is 5.10 Å². The number of carbonyl (C=O) groups excluding carboxylic acids is 1. The summed E-state index contributed by atoms with van der Waals surface area (Å²) in [4.78, 5) is 13.7. The van der Waals surface area contributed by atoms with E-state index in [4.69, 9.17) is 4.74 Å². The van der Waals surface area contributed by atoms with Gasteiger partial charge >= 0.3 is 5.97 Å². The molecule has 1 fully saturated rings. The van der Waals surface area contributed by atoms with Crippen LogP contribution in [0.4, 0.5) is 5.00 Å². The van der Waals surface area contributed by atoms with Crippen molar-refractivity contribution < 1.29 is 9.53 Å². The first kappa shape index (κ1) is 14.2. The lowest BCUT2D eigenvalue weighted by Gasteiger charge is -2.14. The molecule has 0 saturated carbocycles. The normalized spacial score (nSPS) is 19.6. The van der Waals surface area contributed by atoms with E-state index in [9.17, 15) is 4.79 Å². The van der Waals surface area contributed by atoms with E-state index in [1.165, 1.54) is 18.6 Å². The minimum Gasteiger partial charge on any atom is -0.469 e. The molecule has 0 spiro atoms. The van der Waals surface area contributed by atoms with Gasteiger partial charge in [-0.05, 0) is 19.4 Å². The van der Waals surface area contributed by atoms with Crippen molar-refractivity contribution in [1.29, 1.82) is 0 Å². The largest absolute Gasteiger partial charge is 0.469 e. The highest BCUT2D eigenvalue weighted by atomic mass is 32.1. The lowest BCUT2D eigenvalue weighted by Crippen LogP contribution is -2.24. The Bertz CT molecular complexity index is 424. The van der Waals surface area contributed by atoms with Crippen molar-refractivity contribution >= 4 is 22.5 Å². The van der Waals surface area contributed by atoms with E-state index in [2.05, 4.69) is 26.7 Å². The third-order valence-corrected chi connectivity index (χ3v) is 4.00. The second kappa shape index (κ2) is 6.81. The Morgan fingerprint density at radius 1 is 1.63 bits per heavy atom. The lowest BCUT2D eigenvalue weighted by atomic mass is 10.1. The van der Waals surface area contributed by atoms with Crippen molar-refractivity contribution in [3.05, 3.63) is 5.69 Å². The summed E-state index contributed by atoms with van der Waals surface area (Å²) < 4.78 is 8.79. The first-order chi connectivity index (χ1) is 9.24. The van der Waals surface area contributed by atoms with Crippen LogP contribution in [-0.2, 0) is 16.1 Å². The summed E-state index contributed by atoms with van der Waals surface area (Å²) >= 11 is 1.39. The minimum absolute atomic E-state index is 0.00338. The number of anilines is 1. The monoisotopic (exact) mass is 284 g/mol. The Labute approximate surface area is 117 Å². The number of rotatable bonds is 6. The average Bonchev–Trinajstić information content (AvgIpc) is 3.05. The van der Waals surface area contributed by atoms with Crippen molar-refractivity contribution in [2.24, 2.45) is 5.92 Å². The summed E-state index contributed by atoms with van der Waals surface area (Å²) in [5, 5.41) is 8.55. The molecule has 1 aliphatic heterocycles. The zero-order chi connectivity index (χ0) is 13.7. The van der Waals surface area contributed by atoms with E-state index in [1.54, 1.807) is 0 Å². The van der Waals surface area contributed by atoms with E-state index < -0.39 is 0 Å². The van der Waals surface area contributed by atoms with Crippen molar-refractivity contribution in [2.75, 3.05) is 32.1 Å². The van der Waals surface area contributed by atoms with Crippen LogP contribution in [0.3, 0.4) is 0 Å². The second-order valence-electron chi connectivity index (χ2n) is 4.72. The van der Waals surface area contributed by atoms with Gasteiger partial charge in [0.15, 0.2) is 0 Å². The van der Waals surface area contributed by atoms with E-state index in [1.807, 2.05) is 0 Å². The second-order valence-corrected chi connectivity index (χ2v) is 5.47. The topological polar surface area (TPSA) is 67.4 Å². The van der Waals surface area contributed by atoms with Crippen LogP contribution in [0.2, 0.25) is 0 Å². The number of ether oxygens (including phenoxy) is 1. The Balaban J connectivity index is 1.88. The van der Waals surface area contributed by atoms with Gasteiger partial charge in [-0.25, -0.2) is 0 Å². The van der Waals surface area contributed by atoms with Gasteiger partial charge in [-0.3, -0.25) is 9.69 Å². The SMILES string of the molecule is CCCNc1snnc1CN1CCC(C(=O)OC)C1. The van der Waals surface area contributed by atoms with Gasteiger partial charge in [-0.2, -0.15) is 0 Å². The van der Waals surface area contributed by atoms with Crippen molar-refractivity contribution in [3.8, 4) is 0 Å². The third kappa shape index (κ3) is 3.63. The van der Waals surface area contributed by atoms with Gasteiger partial charge in [0.25, 0.3) is 0 Å². The number of carbonyl (C=O) groups is 1. The first-order valence-electron chi connectivity index (χ1n) is 6.59. The molecular formula is C12H20N4O2S. The lowest BCUT2D eigenvalue weighted by molar-refractivity contribution is -0.144. The molecular weight excluding hydrogens is 264 g/mol. The molecule has 6 nitrogen and oxygen atoms in total. The standard InChI is InChI=1S/C12H20N4O2S/c1-3-5-13-11-10(14-15-19-11)8-16-6-4-9(7-16)12(17)18-2/h9,13H,3-8H2,1-2H3. The smallest absolute Gasteiger partial charge is 0.310 e. The molecule has 2 heterocycles. The number of methoxy groups -OCH3 is 1. The van der Waals surface area contributed by atoms with Gasteiger partial charge in [-0.1, -0.05) is 11.4 Å². The molecule has 1 aromatic heterocycles. The van der Waals surface area contributed by atoms with Crippen LogP contribution in [0.5, 0.6) is 0 Å². The number of hydrogen-bond acceptors (Lipinski definition) is 7. The molecule has 7 heteroatoms. The highest BCUT2D eigenvalue weighted by molar-refractivity contribution is 7.10. The maximum Gasteiger partial charge on any atom is 0.310 e. The summed E-state index contributed by atoms with van der Waals surface area (Å²) in [6, 6.07) is 0. The van der Waals surface area contributed by atoms with Crippen LogP contribution < -0.4 is 5.32 Å². The van der Waals surface area contributed by atoms with E-state index in [0.29, 0.717) is 0 Å². The predicted octanol–water partition coefficient (Wildman–Crippen LogP) is 1.35. The molecule has 1 N–H and O–H groups in total. The highest BCUT2D eigenvalue weighted by Crippen LogP contribution is 2.23. The zero-order valence-electron chi connectivity index (χ0n) is 11.4. The van der Waals surface area contributed by atoms with Crippen LogP contribution in [0.25, 0.3) is 0 Å². The van der Waals surface area contributed by atoms with E-state index >= 15 is 0 Å². The molecule has 1 atom stereocenters. The maximum atomic E-state index is 11.5. The summed E-state index contributed by atoms with van der Waals surface area (Å²) in [6.45, 7) is 5.46. The fraction of sp³-hybridized carbons (Fsp3) is 0.750. The number of hydrogen-bond donors (Lipinski definition) is 1. The number of aromatic nitrogens is 2. The van der Waals surface area contributed by atoms with Crippen molar-refractivity contribution in [1.82, 2.24) is 14.5 Å². The van der Waals surface area contributed by atoms with Crippen LogP contribution >= 0.6 is 11.5 Å². The summed E-state index contributed by atoms with van der Waals surface area (Å²) in [7, 11) is 1.45. The minimum atomic E-state index is -0.108. The van der Waals surface area contributed by atoms with Gasteiger partial charge in [0.2, 0.25) is 0 Å². The molecule has 106 valence electrons. The Kier molecular flexibility index (Phi) is 5.09. The zero-order valence-corrected chi connectivity index (χ0v) is 12.2. The fourth-order valence-electron chi connectivity index (χ4n) is 2.23. The summed E-state index contributed by atoms with van der Waals surface area (Å²) in [5.41, 5.74) is 0.976. The fourth-order valence-corrected chi connectivity index (χ4v) is 2.83. The first-order valence-corrected chi connectivity index (χ1v) is 7.37. The molecule has 1 aromatic rings. The van der Waals surface area contributed by atoms with E-state index in [-0.39, 0.29) is 11.9 Å². The van der Waals surface area contributed by atoms with E-state index in [0.717, 1.165) is 49.7 Å². The van der Waals surface area contributed by atoms with Gasteiger partial charge in [0.1, 0.15) is 10.7 Å². The molecule has 0 radical (unpaired) electrons. The molecule has 0 amide bonds. The summed E-state index contributed by atoms with van der Waals surface area (Å²) in [5.74, 6) is -0.105.